The number of aromatic nitrogens is 2. The van der Waals surface area contributed by atoms with Crippen molar-refractivity contribution in [1.82, 2.24) is 9.97 Å². The fourth-order valence-corrected chi connectivity index (χ4v) is 2.49. The number of benzene rings is 2. The van der Waals surface area contributed by atoms with E-state index in [2.05, 4.69) is 9.97 Å². The molecule has 0 amide bonds. The van der Waals surface area contributed by atoms with Gasteiger partial charge in [0.05, 0.1) is 23.1 Å². The molecule has 0 aliphatic carbocycles. The number of hydrogen-bond donors (Lipinski definition) is 1. The normalized spacial score (nSPS) is 11.9. The van der Waals surface area contributed by atoms with Crippen molar-refractivity contribution in [3.8, 4) is 5.75 Å². The number of aromatic amines is 1. The highest BCUT2D eigenvalue weighted by Crippen LogP contribution is 2.18. The molecule has 1 heterocycles. The Balaban J connectivity index is 1.74. The smallest absolute Gasteiger partial charge is 0.338 e. The number of ether oxygens (including phenoxy) is 2. The Bertz CT molecular complexity index is 963. The molecule has 3 rings (SSSR count). The highest BCUT2D eigenvalue weighted by molar-refractivity contribution is 5.89. The Hall–Kier alpha value is -3.15. The summed E-state index contributed by atoms with van der Waals surface area (Å²) in [5, 5.41) is 0.498. The summed E-state index contributed by atoms with van der Waals surface area (Å²) in [6.07, 6.45) is 0.231. The fourth-order valence-electron chi connectivity index (χ4n) is 2.49. The monoisotopic (exact) mass is 352 g/mol. The summed E-state index contributed by atoms with van der Waals surface area (Å²) in [5.41, 5.74) is 0.710. The summed E-state index contributed by atoms with van der Waals surface area (Å²) in [4.78, 5) is 31.5. The Labute approximate surface area is 150 Å². The van der Waals surface area contributed by atoms with Gasteiger partial charge in [0.2, 0.25) is 0 Å². The first-order valence-electron chi connectivity index (χ1n) is 8.51. The van der Waals surface area contributed by atoms with Crippen molar-refractivity contribution in [1.29, 1.82) is 0 Å². The van der Waals surface area contributed by atoms with Gasteiger partial charge in [-0.15, -0.1) is 0 Å². The highest BCUT2D eigenvalue weighted by atomic mass is 16.5. The third kappa shape index (κ3) is 3.91. The van der Waals surface area contributed by atoms with E-state index in [1.54, 1.807) is 55.5 Å². The lowest BCUT2D eigenvalue weighted by Crippen LogP contribution is -2.17. The lowest BCUT2D eigenvalue weighted by molar-refractivity contribution is 0.0320. The second-order valence-corrected chi connectivity index (χ2v) is 5.89. The zero-order valence-corrected chi connectivity index (χ0v) is 14.7. The lowest BCUT2D eigenvalue weighted by atomic mass is 10.2. The lowest BCUT2D eigenvalue weighted by Gasteiger charge is -2.13. The average Bonchev–Trinajstić information content (AvgIpc) is 2.66. The van der Waals surface area contributed by atoms with E-state index in [1.807, 2.05) is 6.92 Å². The maximum Gasteiger partial charge on any atom is 0.338 e. The van der Waals surface area contributed by atoms with Crippen molar-refractivity contribution in [2.45, 2.75) is 26.4 Å². The first-order valence-corrected chi connectivity index (χ1v) is 8.51. The van der Waals surface area contributed by atoms with Crippen molar-refractivity contribution in [3.63, 3.8) is 0 Å². The zero-order chi connectivity index (χ0) is 18.5. The molecule has 0 saturated carbocycles. The number of H-pyrrole nitrogens is 1. The van der Waals surface area contributed by atoms with E-state index in [0.717, 1.165) is 6.42 Å². The van der Waals surface area contributed by atoms with Gasteiger partial charge in [0, 0.05) is 0 Å². The van der Waals surface area contributed by atoms with Crippen molar-refractivity contribution < 1.29 is 14.3 Å². The average molecular weight is 352 g/mol. The van der Waals surface area contributed by atoms with Crippen LogP contribution in [0.5, 0.6) is 5.75 Å². The molecule has 1 aromatic heterocycles. The van der Waals surface area contributed by atoms with E-state index in [0.29, 0.717) is 34.6 Å². The largest absolute Gasteiger partial charge is 0.494 e. The molecule has 0 spiro atoms. The van der Waals surface area contributed by atoms with Crippen LogP contribution in [-0.2, 0) is 4.74 Å². The van der Waals surface area contributed by atoms with Gasteiger partial charge in [0.1, 0.15) is 5.75 Å². The Morgan fingerprint density at radius 2 is 1.88 bits per heavy atom. The molecule has 0 aliphatic rings. The molecular formula is C20H20N2O4. The van der Waals surface area contributed by atoms with E-state index in [9.17, 15) is 9.59 Å². The van der Waals surface area contributed by atoms with Gasteiger partial charge in [0.25, 0.3) is 5.56 Å². The summed E-state index contributed by atoms with van der Waals surface area (Å²) < 4.78 is 10.9. The summed E-state index contributed by atoms with van der Waals surface area (Å²) in [6, 6.07) is 13.8. The first kappa shape index (κ1) is 17.7. The number of fused-ring (bicyclic) bond motifs is 1. The maximum absolute atomic E-state index is 12.3. The topological polar surface area (TPSA) is 81.3 Å². The van der Waals surface area contributed by atoms with Gasteiger partial charge in [-0.1, -0.05) is 19.1 Å². The van der Waals surface area contributed by atoms with Crippen molar-refractivity contribution in [3.05, 3.63) is 70.3 Å². The van der Waals surface area contributed by atoms with E-state index >= 15 is 0 Å². The Kier molecular flexibility index (Phi) is 5.31. The molecular weight excluding hydrogens is 332 g/mol. The van der Waals surface area contributed by atoms with Crippen LogP contribution in [0.4, 0.5) is 0 Å². The van der Waals surface area contributed by atoms with Crippen molar-refractivity contribution >= 4 is 16.9 Å². The summed E-state index contributed by atoms with van der Waals surface area (Å²) in [6.45, 7) is 4.32. The van der Waals surface area contributed by atoms with Gasteiger partial charge < -0.3 is 14.5 Å². The molecule has 0 unspecified atom stereocenters. The third-order valence-electron chi connectivity index (χ3n) is 3.86. The molecule has 1 N–H and O–H groups in total. The van der Waals surface area contributed by atoms with Crippen LogP contribution < -0.4 is 10.3 Å². The van der Waals surface area contributed by atoms with Gasteiger partial charge in [-0.05, 0) is 49.7 Å². The molecule has 0 saturated heterocycles. The predicted molar refractivity (Wildman–Crippen MR) is 98.4 cm³/mol. The maximum atomic E-state index is 12.3. The molecule has 0 aliphatic heterocycles. The number of carbonyl (C=O) groups excluding carboxylic acids is 1. The molecule has 0 bridgehead atoms. The van der Waals surface area contributed by atoms with Gasteiger partial charge >= 0.3 is 5.97 Å². The van der Waals surface area contributed by atoms with Crippen LogP contribution in [0.25, 0.3) is 10.9 Å². The molecule has 1 atom stereocenters. The Morgan fingerprint density at radius 1 is 1.15 bits per heavy atom. The SMILES string of the molecule is CCCOc1ccc(C(=O)O[C@@H](C)c2nc3ccccc3c(=O)[nH]2)cc1. The zero-order valence-electron chi connectivity index (χ0n) is 14.7. The van der Waals surface area contributed by atoms with E-state index < -0.39 is 12.1 Å². The molecule has 2 aromatic carbocycles. The minimum absolute atomic E-state index is 0.258. The quantitative estimate of drug-likeness (QED) is 0.685. The number of hydrogen-bond acceptors (Lipinski definition) is 5. The van der Waals surface area contributed by atoms with E-state index in [-0.39, 0.29) is 5.56 Å². The van der Waals surface area contributed by atoms with Crippen LogP contribution in [0.2, 0.25) is 0 Å². The molecule has 6 heteroatoms. The van der Waals surface area contributed by atoms with Gasteiger partial charge in [-0.3, -0.25) is 4.79 Å². The first-order chi connectivity index (χ1) is 12.6. The van der Waals surface area contributed by atoms with Crippen molar-refractivity contribution in [2.75, 3.05) is 6.61 Å². The summed E-state index contributed by atoms with van der Waals surface area (Å²) in [7, 11) is 0. The van der Waals surface area contributed by atoms with Crippen LogP contribution in [0.1, 0.15) is 42.6 Å². The second kappa shape index (κ2) is 7.82. The van der Waals surface area contributed by atoms with Gasteiger partial charge in [-0.25, -0.2) is 9.78 Å². The number of esters is 1. The van der Waals surface area contributed by atoms with Gasteiger partial charge in [-0.2, -0.15) is 0 Å². The molecule has 26 heavy (non-hydrogen) atoms. The van der Waals surface area contributed by atoms with E-state index in [1.165, 1.54) is 0 Å². The van der Waals surface area contributed by atoms with Crippen LogP contribution >= 0.6 is 0 Å². The Morgan fingerprint density at radius 3 is 2.62 bits per heavy atom. The van der Waals surface area contributed by atoms with Gasteiger partial charge in [0.15, 0.2) is 11.9 Å². The number of nitrogens with zero attached hydrogens (tertiary/aromatic N) is 1. The minimum atomic E-state index is -0.684. The molecule has 0 fully saturated rings. The van der Waals surface area contributed by atoms with Crippen LogP contribution in [0, 0.1) is 0 Å². The highest BCUT2D eigenvalue weighted by Gasteiger charge is 2.17. The number of nitrogens with one attached hydrogen (secondary N) is 1. The standard InChI is InChI=1S/C20H20N2O4/c1-3-12-25-15-10-8-14(9-11-15)20(24)26-13(2)18-21-17-7-5-4-6-16(17)19(23)22-18/h4-11,13H,3,12H2,1-2H3,(H,21,22,23)/t13-/m0/s1. The van der Waals surface area contributed by atoms with E-state index in [4.69, 9.17) is 9.47 Å². The molecule has 6 nitrogen and oxygen atoms in total. The second-order valence-electron chi connectivity index (χ2n) is 5.89. The predicted octanol–water partition coefficient (Wildman–Crippen LogP) is 3.63. The van der Waals surface area contributed by atoms with Crippen LogP contribution in [0.3, 0.4) is 0 Å². The van der Waals surface area contributed by atoms with Crippen molar-refractivity contribution in [2.24, 2.45) is 0 Å². The minimum Gasteiger partial charge on any atom is -0.494 e. The molecule has 3 aromatic rings. The van der Waals surface area contributed by atoms with Crippen LogP contribution in [0.15, 0.2) is 53.3 Å². The van der Waals surface area contributed by atoms with Crippen LogP contribution in [-0.4, -0.2) is 22.5 Å². The third-order valence-corrected chi connectivity index (χ3v) is 3.86. The summed E-state index contributed by atoms with van der Waals surface area (Å²) >= 11 is 0. The summed E-state index contributed by atoms with van der Waals surface area (Å²) in [5.74, 6) is 0.525. The number of carbonyl (C=O) groups is 1. The number of para-hydroxylation sites is 1. The number of rotatable bonds is 6. The molecule has 0 radical (unpaired) electrons. The fraction of sp³-hybridized carbons (Fsp3) is 0.250. The molecule has 134 valence electrons.